The van der Waals surface area contributed by atoms with Crippen molar-refractivity contribution in [1.29, 1.82) is 0 Å². The first kappa shape index (κ1) is 11.9. The third kappa shape index (κ3) is 2.25. The monoisotopic (exact) mass is 233 g/mol. The predicted molar refractivity (Wildman–Crippen MR) is 66.6 cm³/mol. The van der Waals surface area contributed by atoms with Gasteiger partial charge in [-0.25, -0.2) is 0 Å². The zero-order valence-electron chi connectivity index (χ0n) is 10.4. The molecule has 2 rings (SSSR count). The van der Waals surface area contributed by atoms with Crippen LogP contribution in [0.1, 0.15) is 50.0 Å². The van der Waals surface area contributed by atoms with Crippen LogP contribution >= 0.6 is 0 Å². The summed E-state index contributed by atoms with van der Waals surface area (Å²) in [6.07, 6.45) is 6.39. The van der Waals surface area contributed by atoms with Gasteiger partial charge in [0.1, 0.15) is 0 Å². The van der Waals surface area contributed by atoms with Gasteiger partial charge >= 0.3 is 0 Å². The first-order valence-electron chi connectivity index (χ1n) is 6.12. The first-order valence-corrected chi connectivity index (χ1v) is 6.12. The maximum atomic E-state index is 11.4. The lowest BCUT2D eigenvalue weighted by molar-refractivity contribution is -0.117. The molecule has 1 amide bonds. The summed E-state index contributed by atoms with van der Waals surface area (Å²) in [4.78, 5) is 11.4. The van der Waals surface area contributed by atoms with E-state index >= 15 is 0 Å². The highest BCUT2D eigenvalue weighted by atomic mass is 16.1. The molecule has 1 aromatic heterocycles. The van der Waals surface area contributed by atoms with E-state index in [0.29, 0.717) is 6.04 Å². The smallest absolute Gasteiger partial charge is 0.243 e. The molecule has 1 aliphatic rings. The number of nitrogens with zero attached hydrogens (tertiary/aromatic N) is 2. The average Bonchev–Trinajstić information content (AvgIpc) is 2.73. The number of nitrogens with one attached hydrogen (secondary N) is 1. The lowest BCUT2D eigenvalue weighted by atomic mass is 9.93. The summed E-state index contributed by atoms with van der Waals surface area (Å²) in [6, 6.07) is 0.397. The summed E-state index contributed by atoms with van der Waals surface area (Å²) in [5.41, 5.74) is 2.43. The molecule has 0 fully saturated rings. The second kappa shape index (κ2) is 4.73. The Labute approximate surface area is 102 Å². The highest BCUT2D eigenvalue weighted by Crippen LogP contribution is 2.31. The fourth-order valence-electron chi connectivity index (χ4n) is 2.40. The van der Waals surface area contributed by atoms with Gasteiger partial charge in [0.2, 0.25) is 5.91 Å². The van der Waals surface area contributed by atoms with Crippen molar-refractivity contribution in [3.05, 3.63) is 30.1 Å². The second-order valence-electron chi connectivity index (χ2n) is 4.75. The minimum atomic E-state index is -0.112. The predicted octanol–water partition coefficient (Wildman–Crippen LogP) is 2.14. The third-order valence-electron chi connectivity index (χ3n) is 3.17. The Morgan fingerprint density at radius 1 is 1.71 bits per heavy atom. The number of aryl methyl sites for hydroxylation is 1. The number of hydrogen-bond acceptors (Lipinski definition) is 2. The maximum absolute atomic E-state index is 11.4. The van der Waals surface area contributed by atoms with Crippen molar-refractivity contribution in [3.8, 4) is 0 Å². The molecule has 1 heterocycles. The molecule has 0 aromatic carbocycles. The van der Waals surface area contributed by atoms with Gasteiger partial charge in [-0.3, -0.25) is 9.48 Å². The summed E-state index contributed by atoms with van der Waals surface area (Å²) in [5.74, 6) is -0.112. The first-order chi connectivity index (χ1) is 8.13. The molecule has 1 atom stereocenters. The van der Waals surface area contributed by atoms with Gasteiger partial charge in [0.05, 0.1) is 17.9 Å². The van der Waals surface area contributed by atoms with Crippen molar-refractivity contribution >= 4 is 5.91 Å². The molecule has 0 saturated carbocycles. The Morgan fingerprint density at radius 2 is 2.47 bits per heavy atom. The quantitative estimate of drug-likeness (QED) is 0.813. The molecule has 0 saturated heterocycles. The van der Waals surface area contributed by atoms with E-state index in [1.165, 1.54) is 17.3 Å². The van der Waals surface area contributed by atoms with E-state index in [2.05, 4.69) is 30.8 Å². The summed E-state index contributed by atoms with van der Waals surface area (Å²) in [6.45, 7) is 7.70. The van der Waals surface area contributed by atoms with Crippen LogP contribution in [0, 0.1) is 0 Å². The third-order valence-corrected chi connectivity index (χ3v) is 3.17. The van der Waals surface area contributed by atoms with E-state index in [0.717, 1.165) is 19.3 Å². The molecular weight excluding hydrogens is 214 g/mol. The maximum Gasteiger partial charge on any atom is 0.243 e. The topological polar surface area (TPSA) is 46.9 Å². The van der Waals surface area contributed by atoms with E-state index in [9.17, 15) is 4.79 Å². The lowest BCUT2D eigenvalue weighted by Gasteiger charge is -2.26. The van der Waals surface area contributed by atoms with Crippen LogP contribution in [-0.4, -0.2) is 15.7 Å². The van der Waals surface area contributed by atoms with Gasteiger partial charge in [-0.2, -0.15) is 5.10 Å². The molecule has 4 heteroatoms. The van der Waals surface area contributed by atoms with Gasteiger partial charge in [-0.15, -0.1) is 0 Å². The number of aromatic nitrogens is 2. The van der Waals surface area contributed by atoms with E-state index < -0.39 is 0 Å². The Balaban J connectivity index is 2.31. The minimum Gasteiger partial charge on any atom is -0.344 e. The molecule has 0 unspecified atom stereocenters. The van der Waals surface area contributed by atoms with Crippen LogP contribution in [0.2, 0.25) is 0 Å². The van der Waals surface area contributed by atoms with Crippen molar-refractivity contribution in [2.24, 2.45) is 0 Å². The average molecular weight is 233 g/mol. The standard InChI is InChI=1S/C13H19N3O/c1-4-12(17)15-11-7-5-6-10-8-14-16(9(2)3)13(10)11/h4,8-9,11H,1,5-7H2,2-3H3,(H,15,17)/t11-/m0/s1. The largest absolute Gasteiger partial charge is 0.344 e. The summed E-state index contributed by atoms with van der Waals surface area (Å²) < 4.78 is 2.02. The molecule has 4 nitrogen and oxygen atoms in total. The van der Waals surface area contributed by atoms with Crippen molar-refractivity contribution in [2.45, 2.75) is 45.2 Å². The molecule has 0 spiro atoms. The van der Waals surface area contributed by atoms with Crippen molar-refractivity contribution in [2.75, 3.05) is 0 Å². The minimum absolute atomic E-state index is 0.0779. The second-order valence-corrected chi connectivity index (χ2v) is 4.75. The molecule has 1 N–H and O–H groups in total. The highest BCUT2D eigenvalue weighted by molar-refractivity contribution is 5.87. The van der Waals surface area contributed by atoms with Crippen LogP contribution in [0.15, 0.2) is 18.9 Å². The normalized spacial score (nSPS) is 18.9. The van der Waals surface area contributed by atoms with Crippen LogP contribution in [0.5, 0.6) is 0 Å². The molecule has 0 radical (unpaired) electrons. The van der Waals surface area contributed by atoms with Gasteiger partial charge < -0.3 is 5.32 Å². The van der Waals surface area contributed by atoms with Crippen molar-refractivity contribution in [3.63, 3.8) is 0 Å². The molecule has 17 heavy (non-hydrogen) atoms. The van der Waals surface area contributed by atoms with Crippen LogP contribution in [0.25, 0.3) is 0 Å². The van der Waals surface area contributed by atoms with Gasteiger partial charge in [0, 0.05) is 6.04 Å². The fourth-order valence-corrected chi connectivity index (χ4v) is 2.40. The summed E-state index contributed by atoms with van der Waals surface area (Å²) in [5, 5.41) is 7.41. The van der Waals surface area contributed by atoms with Crippen LogP contribution in [0.3, 0.4) is 0 Å². The fraction of sp³-hybridized carbons (Fsp3) is 0.538. The molecule has 1 aromatic rings. The molecular formula is C13H19N3O. The molecule has 1 aliphatic carbocycles. The Hall–Kier alpha value is -1.58. The van der Waals surface area contributed by atoms with Gasteiger partial charge in [0.15, 0.2) is 0 Å². The molecule has 0 aliphatic heterocycles. The lowest BCUT2D eigenvalue weighted by Crippen LogP contribution is -2.31. The van der Waals surface area contributed by atoms with E-state index in [4.69, 9.17) is 0 Å². The summed E-state index contributed by atoms with van der Waals surface area (Å²) >= 11 is 0. The zero-order chi connectivity index (χ0) is 12.4. The number of fused-ring (bicyclic) bond motifs is 1. The van der Waals surface area contributed by atoms with Gasteiger partial charge in [-0.05, 0) is 44.7 Å². The van der Waals surface area contributed by atoms with E-state index in [-0.39, 0.29) is 11.9 Å². The Morgan fingerprint density at radius 3 is 3.12 bits per heavy atom. The molecule has 0 bridgehead atoms. The Kier molecular flexibility index (Phi) is 3.31. The van der Waals surface area contributed by atoms with Crippen LogP contribution in [0.4, 0.5) is 0 Å². The van der Waals surface area contributed by atoms with Crippen molar-refractivity contribution < 1.29 is 4.79 Å². The van der Waals surface area contributed by atoms with Crippen molar-refractivity contribution in [1.82, 2.24) is 15.1 Å². The Bertz CT molecular complexity index is 434. The highest BCUT2D eigenvalue weighted by Gasteiger charge is 2.26. The van der Waals surface area contributed by atoms with Crippen LogP contribution < -0.4 is 5.32 Å². The number of carbonyl (C=O) groups excluding carboxylic acids is 1. The number of carbonyl (C=O) groups is 1. The van der Waals surface area contributed by atoms with Gasteiger partial charge in [-0.1, -0.05) is 6.58 Å². The molecule has 92 valence electrons. The van der Waals surface area contributed by atoms with Gasteiger partial charge in [0.25, 0.3) is 0 Å². The van der Waals surface area contributed by atoms with E-state index in [1.54, 1.807) is 0 Å². The van der Waals surface area contributed by atoms with E-state index in [1.807, 2.05) is 10.9 Å². The number of rotatable bonds is 3. The SMILES string of the molecule is C=CC(=O)N[C@H]1CCCc2cnn(C(C)C)c21. The number of amides is 1. The van der Waals surface area contributed by atoms with Crippen LogP contribution in [-0.2, 0) is 11.2 Å². The summed E-state index contributed by atoms with van der Waals surface area (Å²) in [7, 11) is 0. The zero-order valence-corrected chi connectivity index (χ0v) is 10.4. The number of hydrogen-bond donors (Lipinski definition) is 1.